The van der Waals surface area contributed by atoms with Crippen molar-refractivity contribution in [2.24, 2.45) is 5.14 Å². The number of nitriles is 1. The second-order valence-electron chi connectivity index (χ2n) is 5.14. The van der Waals surface area contributed by atoms with Crippen LogP contribution in [-0.4, -0.2) is 45.5 Å². The molecule has 1 heterocycles. The summed E-state index contributed by atoms with van der Waals surface area (Å²) in [5.74, 6) is -0.335. The van der Waals surface area contributed by atoms with Gasteiger partial charge in [0.25, 0.3) is 5.91 Å². The summed E-state index contributed by atoms with van der Waals surface area (Å²) in [6.45, 7) is 2.20. The van der Waals surface area contributed by atoms with E-state index in [1.54, 1.807) is 17.0 Å². The topological polar surface area (TPSA) is 126 Å². The van der Waals surface area contributed by atoms with Gasteiger partial charge in [-0.1, -0.05) is 12.1 Å². The molecule has 0 saturated carbocycles. The predicted octanol–water partition coefficient (Wildman–Crippen LogP) is -0.310. The highest BCUT2D eigenvalue weighted by Gasteiger charge is 2.20. The van der Waals surface area contributed by atoms with Crippen molar-refractivity contribution >= 4 is 15.9 Å². The normalized spacial score (nSPS) is 15.7. The fraction of sp³-hybridized carbons (Fsp3) is 0.333. The molecule has 0 aromatic heterocycles. The highest BCUT2D eigenvalue weighted by atomic mass is 32.2. The van der Waals surface area contributed by atoms with Crippen molar-refractivity contribution in [2.45, 2.75) is 11.4 Å². The third-order valence-electron chi connectivity index (χ3n) is 3.45. The molecule has 9 heteroatoms. The number of ether oxygens (including phenoxy) is 1. The average molecular weight is 350 g/mol. The summed E-state index contributed by atoms with van der Waals surface area (Å²) >= 11 is 0. The molecular weight excluding hydrogens is 332 g/mol. The van der Waals surface area contributed by atoms with Crippen LogP contribution in [-0.2, 0) is 26.1 Å². The molecule has 3 N–H and O–H groups in total. The number of nitrogens with zero attached hydrogens (tertiary/aromatic N) is 2. The van der Waals surface area contributed by atoms with E-state index < -0.39 is 10.0 Å². The predicted molar refractivity (Wildman–Crippen MR) is 85.7 cm³/mol. The van der Waals surface area contributed by atoms with Crippen molar-refractivity contribution in [3.63, 3.8) is 0 Å². The summed E-state index contributed by atoms with van der Waals surface area (Å²) in [7, 11) is -3.72. The van der Waals surface area contributed by atoms with Crippen molar-refractivity contribution in [1.29, 1.82) is 5.26 Å². The molecule has 0 spiro atoms. The van der Waals surface area contributed by atoms with Crippen molar-refractivity contribution in [1.82, 2.24) is 10.2 Å². The van der Waals surface area contributed by atoms with Crippen LogP contribution in [0.15, 0.2) is 40.9 Å². The van der Waals surface area contributed by atoms with Gasteiger partial charge in [0.15, 0.2) is 0 Å². The molecule has 1 saturated heterocycles. The number of carbonyl (C=O) groups is 1. The van der Waals surface area contributed by atoms with Gasteiger partial charge in [-0.3, -0.25) is 4.79 Å². The number of rotatable bonds is 5. The van der Waals surface area contributed by atoms with Crippen molar-refractivity contribution in [2.75, 3.05) is 26.3 Å². The lowest BCUT2D eigenvalue weighted by molar-refractivity contribution is -0.130. The van der Waals surface area contributed by atoms with E-state index in [0.717, 1.165) is 5.56 Å². The summed E-state index contributed by atoms with van der Waals surface area (Å²) in [6.07, 6.45) is 1.37. The monoisotopic (exact) mass is 350 g/mol. The molecule has 1 aliphatic heterocycles. The Balaban J connectivity index is 1.96. The van der Waals surface area contributed by atoms with E-state index in [-0.39, 0.29) is 16.4 Å². The summed E-state index contributed by atoms with van der Waals surface area (Å²) in [5.41, 5.74) is 0.799. The van der Waals surface area contributed by atoms with Gasteiger partial charge in [0, 0.05) is 25.8 Å². The Kier molecular flexibility index (Phi) is 5.92. The number of morpholine rings is 1. The number of hydrogen-bond donors (Lipinski definition) is 2. The molecule has 8 nitrogen and oxygen atoms in total. The fourth-order valence-electron chi connectivity index (χ4n) is 2.15. The Morgan fingerprint density at radius 2 is 1.96 bits per heavy atom. The van der Waals surface area contributed by atoms with Crippen LogP contribution >= 0.6 is 0 Å². The first-order valence-corrected chi connectivity index (χ1v) is 8.79. The third kappa shape index (κ3) is 4.79. The van der Waals surface area contributed by atoms with Gasteiger partial charge in [0.05, 0.1) is 18.1 Å². The molecule has 128 valence electrons. The van der Waals surface area contributed by atoms with Crippen LogP contribution in [0.4, 0.5) is 0 Å². The van der Waals surface area contributed by atoms with Gasteiger partial charge in [-0.25, -0.2) is 13.6 Å². The number of sulfonamides is 1. The Hall–Kier alpha value is -2.41. The van der Waals surface area contributed by atoms with Gasteiger partial charge in [-0.15, -0.1) is 0 Å². The number of carbonyl (C=O) groups excluding carboxylic acids is 1. The lowest BCUT2D eigenvalue weighted by Crippen LogP contribution is -2.41. The lowest BCUT2D eigenvalue weighted by Gasteiger charge is -2.26. The second-order valence-corrected chi connectivity index (χ2v) is 6.71. The SMILES string of the molecule is N#C/C(=C/NCc1ccc(S(N)(=O)=O)cc1)C(=O)N1CCOCC1. The van der Waals surface area contributed by atoms with Crippen molar-refractivity contribution in [3.8, 4) is 6.07 Å². The minimum Gasteiger partial charge on any atom is -0.386 e. The molecule has 2 rings (SSSR count). The van der Waals surface area contributed by atoms with Crippen LogP contribution < -0.4 is 10.5 Å². The molecule has 1 aliphatic rings. The van der Waals surface area contributed by atoms with Crippen LogP contribution in [0.2, 0.25) is 0 Å². The van der Waals surface area contributed by atoms with Crippen LogP contribution in [0.3, 0.4) is 0 Å². The zero-order valence-electron chi connectivity index (χ0n) is 12.9. The smallest absolute Gasteiger partial charge is 0.266 e. The molecule has 0 bridgehead atoms. The van der Waals surface area contributed by atoms with E-state index in [1.807, 2.05) is 6.07 Å². The minimum atomic E-state index is -3.72. The van der Waals surface area contributed by atoms with Crippen LogP contribution in [0.5, 0.6) is 0 Å². The Morgan fingerprint density at radius 1 is 1.33 bits per heavy atom. The molecule has 0 unspecified atom stereocenters. The van der Waals surface area contributed by atoms with Gasteiger partial charge in [0.1, 0.15) is 11.6 Å². The van der Waals surface area contributed by atoms with Gasteiger partial charge in [-0.2, -0.15) is 5.26 Å². The van der Waals surface area contributed by atoms with E-state index in [9.17, 15) is 13.2 Å². The maximum absolute atomic E-state index is 12.2. The number of amides is 1. The Morgan fingerprint density at radius 3 is 2.50 bits per heavy atom. The van der Waals surface area contributed by atoms with E-state index in [1.165, 1.54) is 18.3 Å². The standard InChI is InChI=1S/C15H18N4O4S/c16-9-13(15(20)19-5-7-23-8-6-19)11-18-10-12-1-3-14(4-2-12)24(17,21)22/h1-4,11,18H,5-8,10H2,(H2,17,21,22)/b13-11-. The molecule has 0 aliphatic carbocycles. The molecule has 24 heavy (non-hydrogen) atoms. The first kappa shape index (κ1) is 17.9. The van der Waals surface area contributed by atoms with Gasteiger partial charge in [0.2, 0.25) is 10.0 Å². The largest absolute Gasteiger partial charge is 0.386 e. The van der Waals surface area contributed by atoms with Crippen LogP contribution in [0.25, 0.3) is 0 Å². The summed E-state index contributed by atoms with van der Waals surface area (Å²) in [5, 5.41) is 17.0. The highest BCUT2D eigenvalue weighted by molar-refractivity contribution is 7.89. The maximum atomic E-state index is 12.2. The summed E-state index contributed by atoms with van der Waals surface area (Å²) in [4.78, 5) is 13.8. The van der Waals surface area contributed by atoms with Crippen LogP contribution in [0.1, 0.15) is 5.56 Å². The average Bonchev–Trinajstić information content (AvgIpc) is 2.58. The fourth-order valence-corrected chi connectivity index (χ4v) is 2.66. The van der Waals surface area contributed by atoms with E-state index in [0.29, 0.717) is 32.8 Å². The third-order valence-corrected chi connectivity index (χ3v) is 4.38. The Bertz CT molecular complexity index is 760. The van der Waals surface area contributed by atoms with Crippen molar-refractivity contribution in [3.05, 3.63) is 41.6 Å². The molecule has 0 radical (unpaired) electrons. The molecular formula is C15H18N4O4S. The quantitative estimate of drug-likeness (QED) is 0.554. The number of primary sulfonamides is 1. The highest BCUT2D eigenvalue weighted by Crippen LogP contribution is 2.09. The van der Waals surface area contributed by atoms with Gasteiger partial charge < -0.3 is 15.0 Å². The number of hydrogen-bond acceptors (Lipinski definition) is 6. The summed E-state index contributed by atoms with van der Waals surface area (Å²) < 4.78 is 27.5. The number of nitrogens with one attached hydrogen (secondary N) is 1. The Labute approximate surface area is 140 Å². The van der Waals surface area contributed by atoms with E-state index >= 15 is 0 Å². The number of nitrogens with two attached hydrogens (primary N) is 1. The second kappa shape index (κ2) is 7.92. The molecule has 1 fully saturated rings. The van der Waals surface area contributed by atoms with Crippen LogP contribution in [0, 0.1) is 11.3 Å². The molecule has 1 amide bonds. The summed E-state index contributed by atoms with van der Waals surface area (Å²) in [6, 6.07) is 7.91. The maximum Gasteiger partial charge on any atom is 0.266 e. The zero-order valence-corrected chi connectivity index (χ0v) is 13.8. The number of benzene rings is 1. The lowest BCUT2D eigenvalue weighted by atomic mass is 10.2. The molecule has 1 aromatic rings. The molecule has 0 atom stereocenters. The van der Waals surface area contributed by atoms with E-state index in [2.05, 4.69) is 5.32 Å². The van der Waals surface area contributed by atoms with E-state index in [4.69, 9.17) is 15.1 Å². The minimum absolute atomic E-state index is 0.0121. The first-order valence-electron chi connectivity index (χ1n) is 7.24. The zero-order chi connectivity index (χ0) is 17.6. The van der Waals surface area contributed by atoms with Crippen molar-refractivity contribution < 1.29 is 17.9 Å². The van der Waals surface area contributed by atoms with Gasteiger partial charge >= 0.3 is 0 Å². The first-order chi connectivity index (χ1) is 11.4. The molecule has 1 aromatic carbocycles. The van der Waals surface area contributed by atoms with Gasteiger partial charge in [-0.05, 0) is 17.7 Å².